The van der Waals surface area contributed by atoms with Crippen molar-refractivity contribution >= 4 is 21.7 Å². The van der Waals surface area contributed by atoms with Crippen molar-refractivity contribution < 1.29 is 17.9 Å². The third-order valence-electron chi connectivity index (χ3n) is 4.66. The van der Waals surface area contributed by atoms with Crippen molar-refractivity contribution in [1.82, 2.24) is 15.4 Å². The van der Waals surface area contributed by atoms with Crippen LogP contribution >= 0.6 is 0 Å². The van der Waals surface area contributed by atoms with Crippen LogP contribution in [0.2, 0.25) is 0 Å². The first kappa shape index (κ1) is 23.1. The Labute approximate surface area is 173 Å². The lowest BCUT2D eigenvalue weighted by Gasteiger charge is -2.21. The first-order valence-electron chi connectivity index (χ1n) is 9.91. The van der Waals surface area contributed by atoms with Gasteiger partial charge in [-0.15, -0.1) is 0 Å². The highest BCUT2D eigenvalue weighted by atomic mass is 32.2. The Balaban J connectivity index is 1.94. The summed E-state index contributed by atoms with van der Waals surface area (Å²) in [4.78, 5) is 6.76. The lowest BCUT2D eigenvalue weighted by Crippen LogP contribution is -2.45. The zero-order chi connectivity index (χ0) is 21.3. The molecule has 0 bridgehead atoms. The number of aliphatic imine (C=N–C) groups is 1. The Morgan fingerprint density at radius 2 is 1.90 bits per heavy atom. The van der Waals surface area contributed by atoms with E-state index in [-0.39, 0.29) is 18.3 Å². The van der Waals surface area contributed by atoms with Crippen molar-refractivity contribution in [2.45, 2.75) is 26.3 Å². The van der Waals surface area contributed by atoms with Crippen LogP contribution in [-0.2, 0) is 10.0 Å². The molecule has 29 heavy (non-hydrogen) atoms. The van der Waals surface area contributed by atoms with Gasteiger partial charge in [-0.2, -0.15) is 0 Å². The molecule has 1 unspecified atom stereocenters. The maximum atomic E-state index is 11.5. The van der Waals surface area contributed by atoms with E-state index in [4.69, 9.17) is 9.47 Å². The first-order valence-corrected chi connectivity index (χ1v) is 11.6. The number of rotatable bonds is 10. The molecule has 1 fully saturated rings. The summed E-state index contributed by atoms with van der Waals surface area (Å²) in [5.41, 5.74) is 1.06. The highest BCUT2D eigenvalue weighted by Gasteiger charge is 2.24. The van der Waals surface area contributed by atoms with Crippen LogP contribution in [0.3, 0.4) is 0 Å². The molecule has 1 atom stereocenters. The second kappa shape index (κ2) is 11.1. The summed E-state index contributed by atoms with van der Waals surface area (Å²) in [5.74, 6) is 2.29. The van der Waals surface area contributed by atoms with Crippen LogP contribution in [0.4, 0.5) is 5.69 Å². The zero-order valence-corrected chi connectivity index (χ0v) is 18.5. The predicted octanol–water partition coefficient (Wildman–Crippen LogP) is 0.777. The molecular weight excluding hydrogens is 394 g/mol. The van der Waals surface area contributed by atoms with Crippen molar-refractivity contribution in [3.63, 3.8) is 0 Å². The van der Waals surface area contributed by atoms with E-state index in [1.165, 1.54) is 0 Å². The molecule has 1 saturated heterocycles. The van der Waals surface area contributed by atoms with E-state index in [0.717, 1.165) is 43.2 Å². The molecule has 1 aromatic rings. The number of anilines is 1. The van der Waals surface area contributed by atoms with Gasteiger partial charge in [0.15, 0.2) is 5.96 Å². The second-order valence-electron chi connectivity index (χ2n) is 6.71. The number of hydrogen-bond donors (Lipinski definition) is 3. The second-order valence-corrected chi connectivity index (χ2v) is 8.80. The molecule has 1 aliphatic heterocycles. The largest absolute Gasteiger partial charge is 0.497 e. The third-order valence-corrected chi connectivity index (χ3v) is 6.06. The molecule has 0 spiro atoms. The fraction of sp³-hybridized carbons (Fsp3) is 0.632. The van der Waals surface area contributed by atoms with Crippen LogP contribution in [0.25, 0.3) is 0 Å². The molecule has 1 aliphatic rings. The number of ether oxygens (including phenoxy) is 2. The third kappa shape index (κ3) is 7.28. The van der Waals surface area contributed by atoms with E-state index in [0.29, 0.717) is 12.5 Å². The molecule has 2 rings (SSSR count). The standard InChI is InChI=1S/C19H33N5O4S/c1-5-20-19(21-8-9-22-29(25,26)6-2)23-15-7-10-24(14-15)16-11-17(27-3)13-18(12-16)28-4/h11-13,15,22H,5-10,14H2,1-4H3,(H2,20,21,23). The topological polar surface area (TPSA) is 104 Å². The maximum absolute atomic E-state index is 11.5. The number of sulfonamides is 1. The number of hydrogen-bond acceptors (Lipinski definition) is 6. The van der Waals surface area contributed by atoms with Crippen LogP contribution in [0.1, 0.15) is 20.3 Å². The zero-order valence-electron chi connectivity index (χ0n) is 17.7. The Morgan fingerprint density at radius 3 is 2.48 bits per heavy atom. The molecule has 0 saturated carbocycles. The molecule has 10 heteroatoms. The summed E-state index contributed by atoms with van der Waals surface area (Å²) in [6.45, 7) is 6.73. The Kier molecular flexibility index (Phi) is 8.84. The van der Waals surface area contributed by atoms with Gasteiger partial charge in [0.25, 0.3) is 0 Å². The molecule has 1 aromatic carbocycles. The van der Waals surface area contributed by atoms with E-state index in [2.05, 4.69) is 25.2 Å². The normalized spacial score (nSPS) is 17.3. The van der Waals surface area contributed by atoms with Crippen molar-refractivity contribution in [3.8, 4) is 11.5 Å². The van der Waals surface area contributed by atoms with Crippen LogP contribution in [0, 0.1) is 0 Å². The van der Waals surface area contributed by atoms with E-state index >= 15 is 0 Å². The van der Waals surface area contributed by atoms with Gasteiger partial charge >= 0.3 is 0 Å². The van der Waals surface area contributed by atoms with E-state index in [1.54, 1.807) is 21.1 Å². The predicted molar refractivity (Wildman–Crippen MR) is 117 cm³/mol. The van der Waals surface area contributed by atoms with E-state index < -0.39 is 10.0 Å². The quantitative estimate of drug-likeness (QED) is 0.288. The summed E-state index contributed by atoms with van der Waals surface area (Å²) in [5, 5.41) is 6.66. The number of guanidine groups is 1. The van der Waals surface area contributed by atoms with Gasteiger partial charge in [0.2, 0.25) is 10.0 Å². The monoisotopic (exact) mass is 427 g/mol. The maximum Gasteiger partial charge on any atom is 0.211 e. The SMILES string of the molecule is CCNC(=NCCNS(=O)(=O)CC)NC1CCN(c2cc(OC)cc(OC)c2)C1. The van der Waals surface area contributed by atoms with Gasteiger partial charge in [0.1, 0.15) is 11.5 Å². The lowest BCUT2D eigenvalue weighted by atomic mass is 10.2. The van der Waals surface area contributed by atoms with Gasteiger partial charge in [-0.3, -0.25) is 4.99 Å². The highest BCUT2D eigenvalue weighted by Crippen LogP contribution is 2.30. The van der Waals surface area contributed by atoms with Crippen molar-refractivity contribution in [2.75, 3.05) is 57.6 Å². The smallest absolute Gasteiger partial charge is 0.211 e. The van der Waals surface area contributed by atoms with Gasteiger partial charge in [0.05, 0.1) is 26.5 Å². The summed E-state index contributed by atoms with van der Waals surface area (Å²) in [6, 6.07) is 6.10. The van der Waals surface area contributed by atoms with Crippen molar-refractivity contribution in [3.05, 3.63) is 18.2 Å². The molecule has 0 radical (unpaired) electrons. The van der Waals surface area contributed by atoms with Gasteiger partial charge in [-0.1, -0.05) is 0 Å². The van der Waals surface area contributed by atoms with Crippen LogP contribution in [0.15, 0.2) is 23.2 Å². The lowest BCUT2D eigenvalue weighted by molar-refractivity contribution is 0.394. The number of methoxy groups -OCH3 is 2. The Morgan fingerprint density at radius 1 is 1.21 bits per heavy atom. The van der Waals surface area contributed by atoms with Crippen LogP contribution in [-0.4, -0.2) is 73.1 Å². The van der Waals surface area contributed by atoms with E-state index in [1.807, 2.05) is 25.1 Å². The van der Waals surface area contributed by atoms with E-state index in [9.17, 15) is 8.42 Å². The van der Waals surface area contributed by atoms with Gasteiger partial charge in [0, 0.05) is 56.1 Å². The fourth-order valence-corrected chi connectivity index (χ4v) is 3.68. The summed E-state index contributed by atoms with van der Waals surface area (Å²) < 4.78 is 36.3. The molecule has 164 valence electrons. The summed E-state index contributed by atoms with van der Waals surface area (Å²) >= 11 is 0. The minimum absolute atomic E-state index is 0.0714. The fourth-order valence-electron chi connectivity index (χ4n) is 3.07. The minimum Gasteiger partial charge on any atom is -0.497 e. The molecule has 3 N–H and O–H groups in total. The van der Waals surface area contributed by atoms with Gasteiger partial charge < -0.3 is 25.0 Å². The Hall–Kier alpha value is -2.20. The number of nitrogens with zero attached hydrogens (tertiary/aromatic N) is 2. The Bertz CT molecular complexity index is 763. The van der Waals surface area contributed by atoms with Gasteiger partial charge in [-0.25, -0.2) is 13.1 Å². The van der Waals surface area contributed by atoms with Crippen LogP contribution in [0.5, 0.6) is 11.5 Å². The highest BCUT2D eigenvalue weighted by molar-refractivity contribution is 7.89. The molecule has 0 aliphatic carbocycles. The molecule has 1 heterocycles. The molecule has 0 amide bonds. The number of benzene rings is 1. The minimum atomic E-state index is -3.19. The van der Waals surface area contributed by atoms with Crippen LogP contribution < -0.4 is 29.7 Å². The molecule has 9 nitrogen and oxygen atoms in total. The number of nitrogens with one attached hydrogen (secondary N) is 3. The van der Waals surface area contributed by atoms with Crippen molar-refractivity contribution in [1.29, 1.82) is 0 Å². The summed E-state index contributed by atoms with van der Waals surface area (Å²) in [7, 11) is 0.102. The molecular formula is C19H33N5O4S. The first-order chi connectivity index (χ1) is 13.9. The molecule has 0 aromatic heterocycles. The summed E-state index contributed by atoms with van der Waals surface area (Å²) in [6.07, 6.45) is 0.965. The average Bonchev–Trinajstić information content (AvgIpc) is 3.19. The van der Waals surface area contributed by atoms with Gasteiger partial charge in [-0.05, 0) is 20.3 Å². The average molecular weight is 428 g/mol. The van der Waals surface area contributed by atoms with Crippen molar-refractivity contribution in [2.24, 2.45) is 4.99 Å².